The number of hydrogen-bond acceptors (Lipinski definition) is 6. The smallest absolute Gasteiger partial charge is 0.306 e. The van der Waals surface area contributed by atoms with Crippen LogP contribution >= 0.6 is 23.2 Å². The highest BCUT2D eigenvalue weighted by molar-refractivity contribution is 7.85. The summed E-state index contributed by atoms with van der Waals surface area (Å²) in [6.07, 6.45) is 0.764. The SMILES string of the molecule is CN(C(=O)CCC(=O)OC(C)(C)C)c1ccc(Cl)c(COS(C)(=O)=O)c1Cl. The normalized spacial score (nSPS) is 12.0. The standard InChI is InChI=1S/C17H23Cl2NO6S/c1-17(2,3)26-15(22)9-8-14(21)20(4)13-7-6-12(18)11(16(13)19)10-25-27(5,23)24/h6-7H,8-10H2,1-5H3. The minimum absolute atomic E-state index is 0.0699. The van der Waals surface area contributed by atoms with Gasteiger partial charge in [-0.05, 0) is 32.9 Å². The molecule has 0 saturated heterocycles. The van der Waals surface area contributed by atoms with Crippen molar-refractivity contribution >= 4 is 50.9 Å². The van der Waals surface area contributed by atoms with E-state index in [0.717, 1.165) is 6.26 Å². The lowest BCUT2D eigenvalue weighted by Crippen LogP contribution is -2.29. The Balaban J connectivity index is 2.89. The monoisotopic (exact) mass is 439 g/mol. The molecule has 27 heavy (non-hydrogen) atoms. The Hall–Kier alpha value is -1.35. The van der Waals surface area contributed by atoms with Crippen molar-refractivity contribution in [2.24, 2.45) is 0 Å². The predicted octanol–water partition coefficient (Wildman–Crippen LogP) is 3.55. The van der Waals surface area contributed by atoms with Crippen molar-refractivity contribution in [3.8, 4) is 0 Å². The van der Waals surface area contributed by atoms with E-state index in [-0.39, 0.29) is 41.0 Å². The van der Waals surface area contributed by atoms with E-state index in [4.69, 9.17) is 32.1 Å². The van der Waals surface area contributed by atoms with Gasteiger partial charge in [0.05, 0.1) is 30.0 Å². The maximum Gasteiger partial charge on any atom is 0.306 e. The number of hydrogen-bond donors (Lipinski definition) is 0. The van der Waals surface area contributed by atoms with E-state index in [1.54, 1.807) is 20.8 Å². The summed E-state index contributed by atoms with van der Waals surface area (Å²) < 4.78 is 32.3. The first-order valence-corrected chi connectivity index (χ1v) is 10.6. The van der Waals surface area contributed by atoms with Crippen molar-refractivity contribution in [2.75, 3.05) is 18.2 Å². The Labute approximate surface area is 169 Å². The Morgan fingerprint density at radius 2 is 1.74 bits per heavy atom. The fourth-order valence-electron chi connectivity index (χ4n) is 2.05. The van der Waals surface area contributed by atoms with E-state index in [1.165, 1.54) is 24.1 Å². The van der Waals surface area contributed by atoms with Crippen LogP contribution in [0.4, 0.5) is 5.69 Å². The van der Waals surface area contributed by atoms with Gasteiger partial charge in [0.1, 0.15) is 5.60 Å². The van der Waals surface area contributed by atoms with E-state index < -0.39 is 21.7 Å². The molecule has 0 atom stereocenters. The molecule has 152 valence electrons. The zero-order chi connectivity index (χ0) is 21.0. The van der Waals surface area contributed by atoms with Crippen molar-refractivity contribution in [1.29, 1.82) is 0 Å². The topological polar surface area (TPSA) is 90.0 Å². The number of rotatable bonds is 7. The molecule has 0 aliphatic rings. The lowest BCUT2D eigenvalue weighted by atomic mass is 10.1. The lowest BCUT2D eigenvalue weighted by molar-refractivity contribution is -0.155. The van der Waals surface area contributed by atoms with Crippen LogP contribution in [0.15, 0.2) is 12.1 Å². The van der Waals surface area contributed by atoms with Crippen molar-refractivity contribution in [3.63, 3.8) is 0 Å². The molecule has 0 unspecified atom stereocenters. The van der Waals surface area contributed by atoms with Gasteiger partial charge in [0, 0.05) is 24.1 Å². The maximum atomic E-state index is 12.4. The van der Waals surface area contributed by atoms with E-state index in [0.29, 0.717) is 5.69 Å². The summed E-state index contributed by atoms with van der Waals surface area (Å²) in [7, 11) is -2.19. The van der Waals surface area contributed by atoms with Crippen molar-refractivity contribution in [1.82, 2.24) is 0 Å². The van der Waals surface area contributed by atoms with E-state index in [1.807, 2.05) is 0 Å². The molecule has 1 amide bonds. The third-order valence-electron chi connectivity index (χ3n) is 3.28. The van der Waals surface area contributed by atoms with Crippen LogP contribution in [0.1, 0.15) is 39.2 Å². The molecule has 0 spiro atoms. The van der Waals surface area contributed by atoms with Gasteiger partial charge in [-0.3, -0.25) is 13.8 Å². The zero-order valence-electron chi connectivity index (χ0n) is 15.8. The van der Waals surface area contributed by atoms with Crippen molar-refractivity contribution in [3.05, 3.63) is 27.7 Å². The summed E-state index contributed by atoms with van der Waals surface area (Å²) in [5, 5.41) is 0.307. The third kappa shape index (κ3) is 8.04. The number of nitrogens with zero attached hydrogens (tertiary/aromatic N) is 1. The van der Waals surface area contributed by atoms with Gasteiger partial charge in [-0.15, -0.1) is 0 Å². The van der Waals surface area contributed by atoms with Gasteiger partial charge >= 0.3 is 5.97 Å². The van der Waals surface area contributed by atoms with Gasteiger partial charge < -0.3 is 9.64 Å². The van der Waals surface area contributed by atoms with E-state index >= 15 is 0 Å². The first-order chi connectivity index (χ1) is 12.2. The predicted molar refractivity (Wildman–Crippen MR) is 105 cm³/mol. The van der Waals surface area contributed by atoms with Crippen LogP contribution < -0.4 is 4.90 Å². The first kappa shape index (κ1) is 23.7. The molecule has 0 fully saturated rings. The molecular formula is C17H23Cl2NO6S. The molecule has 0 heterocycles. The molecular weight excluding hydrogens is 417 g/mol. The fourth-order valence-corrected chi connectivity index (χ4v) is 2.98. The second-order valence-electron chi connectivity index (χ2n) is 6.86. The van der Waals surface area contributed by atoms with E-state index in [2.05, 4.69) is 0 Å². The fraction of sp³-hybridized carbons (Fsp3) is 0.529. The van der Waals surface area contributed by atoms with Gasteiger partial charge in [0.2, 0.25) is 5.91 Å². The van der Waals surface area contributed by atoms with Gasteiger partial charge in [0.25, 0.3) is 10.1 Å². The highest BCUT2D eigenvalue weighted by Crippen LogP contribution is 2.34. The Morgan fingerprint density at radius 1 is 1.15 bits per heavy atom. The number of carbonyl (C=O) groups excluding carboxylic acids is 2. The summed E-state index contributed by atoms with van der Waals surface area (Å²) in [6, 6.07) is 3.02. The number of esters is 1. The molecule has 0 aromatic heterocycles. The van der Waals surface area contributed by atoms with Crippen LogP contribution in [-0.4, -0.2) is 39.2 Å². The van der Waals surface area contributed by atoms with Gasteiger partial charge in [-0.25, -0.2) is 0 Å². The number of ether oxygens (including phenoxy) is 1. The largest absolute Gasteiger partial charge is 0.460 e. The summed E-state index contributed by atoms with van der Waals surface area (Å²) in [6.45, 7) is 4.87. The Bertz CT molecular complexity index is 817. The van der Waals surface area contributed by atoms with Crippen molar-refractivity contribution < 1.29 is 26.9 Å². The quantitative estimate of drug-likeness (QED) is 0.476. The number of halogens is 2. The van der Waals surface area contributed by atoms with Crippen LogP contribution in [0.2, 0.25) is 10.0 Å². The number of anilines is 1. The number of carbonyl (C=O) groups is 2. The minimum atomic E-state index is -3.69. The average Bonchev–Trinajstić information content (AvgIpc) is 2.49. The molecule has 10 heteroatoms. The Morgan fingerprint density at radius 3 is 2.26 bits per heavy atom. The van der Waals surface area contributed by atoms with Crippen LogP contribution in [0, 0.1) is 0 Å². The second kappa shape index (κ2) is 9.23. The van der Waals surface area contributed by atoms with Gasteiger partial charge in [0.15, 0.2) is 0 Å². The number of amides is 1. The molecule has 0 aliphatic carbocycles. The first-order valence-electron chi connectivity index (χ1n) is 8.01. The average molecular weight is 440 g/mol. The molecule has 0 N–H and O–H groups in total. The van der Waals surface area contributed by atoms with Gasteiger partial charge in [-0.2, -0.15) is 8.42 Å². The van der Waals surface area contributed by atoms with Crippen LogP contribution in [0.5, 0.6) is 0 Å². The van der Waals surface area contributed by atoms with Crippen molar-refractivity contribution in [2.45, 2.75) is 45.8 Å². The molecule has 0 bridgehead atoms. The van der Waals surface area contributed by atoms with E-state index in [9.17, 15) is 18.0 Å². The maximum absolute atomic E-state index is 12.4. The highest BCUT2D eigenvalue weighted by atomic mass is 35.5. The molecule has 7 nitrogen and oxygen atoms in total. The zero-order valence-corrected chi connectivity index (χ0v) is 18.2. The van der Waals surface area contributed by atoms with Crippen LogP contribution in [0.25, 0.3) is 0 Å². The lowest BCUT2D eigenvalue weighted by Gasteiger charge is -2.22. The molecule has 1 aromatic rings. The highest BCUT2D eigenvalue weighted by Gasteiger charge is 2.21. The molecule has 1 aromatic carbocycles. The minimum Gasteiger partial charge on any atom is -0.460 e. The summed E-state index contributed by atoms with van der Waals surface area (Å²) in [5.41, 5.74) is -0.0598. The summed E-state index contributed by atoms with van der Waals surface area (Å²) >= 11 is 12.3. The molecule has 0 saturated carbocycles. The molecule has 0 radical (unpaired) electrons. The summed E-state index contributed by atoms with van der Waals surface area (Å²) in [4.78, 5) is 25.4. The van der Waals surface area contributed by atoms with Crippen LogP contribution in [-0.2, 0) is 35.2 Å². The van der Waals surface area contributed by atoms with Gasteiger partial charge in [-0.1, -0.05) is 23.2 Å². The Kier molecular flexibility index (Phi) is 8.10. The molecule has 1 rings (SSSR count). The molecule has 0 aliphatic heterocycles. The van der Waals surface area contributed by atoms with Crippen LogP contribution in [0.3, 0.4) is 0 Å². The number of benzene rings is 1. The second-order valence-corrected chi connectivity index (χ2v) is 9.29. The third-order valence-corrected chi connectivity index (χ3v) is 4.60. The summed E-state index contributed by atoms with van der Waals surface area (Å²) in [5.74, 6) is -0.839.